The number of pyridine rings is 1. The summed E-state index contributed by atoms with van der Waals surface area (Å²) in [5.41, 5.74) is 8.56. The molecule has 2 aromatic carbocycles. The third-order valence-electron chi connectivity index (χ3n) is 5.90. The Morgan fingerprint density at radius 1 is 1.08 bits per heavy atom. The molecule has 11 heteroatoms. The molecular formula is C26H25F2N5O3S. The first kappa shape index (κ1) is 26.0. The maximum atomic E-state index is 15.1. The molecule has 2 aromatic heterocycles. The molecule has 4 rings (SSSR count). The zero-order chi connectivity index (χ0) is 26.9. The van der Waals surface area contributed by atoms with E-state index in [1.807, 2.05) is 13.1 Å². The van der Waals surface area contributed by atoms with Gasteiger partial charge in [-0.15, -0.1) is 0 Å². The highest BCUT2D eigenvalue weighted by Gasteiger charge is 2.19. The maximum Gasteiger partial charge on any atom is 0.254 e. The van der Waals surface area contributed by atoms with Crippen LogP contribution in [0.5, 0.6) is 0 Å². The molecule has 2 heterocycles. The van der Waals surface area contributed by atoms with E-state index in [9.17, 15) is 17.6 Å². The molecule has 4 aromatic rings. The Kier molecular flexibility index (Phi) is 7.08. The smallest absolute Gasteiger partial charge is 0.254 e. The van der Waals surface area contributed by atoms with E-state index in [4.69, 9.17) is 5.73 Å². The van der Waals surface area contributed by atoms with Gasteiger partial charge in [0.05, 0.1) is 22.7 Å². The van der Waals surface area contributed by atoms with Gasteiger partial charge in [-0.1, -0.05) is 6.07 Å². The number of rotatable bonds is 7. The molecule has 37 heavy (non-hydrogen) atoms. The molecule has 0 spiro atoms. The first-order valence-corrected chi connectivity index (χ1v) is 13.2. The number of anilines is 1. The van der Waals surface area contributed by atoms with Gasteiger partial charge >= 0.3 is 0 Å². The zero-order valence-electron chi connectivity index (χ0n) is 20.4. The van der Waals surface area contributed by atoms with Crippen molar-refractivity contribution in [2.24, 2.45) is 0 Å². The summed E-state index contributed by atoms with van der Waals surface area (Å²) in [6, 6.07) is 8.35. The molecule has 0 saturated heterocycles. The number of nitrogen functional groups attached to an aromatic ring is 1. The van der Waals surface area contributed by atoms with Crippen molar-refractivity contribution >= 4 is 21.6 Å². The Morgan fingerprint density at radius 2 is 1.84 bits per heavy atom. The number of nitrogens with zero attached hydrogens (tertiary/aromatic N) is 3. The minimum absolute atomic E-state index is 0.199. The van der Waals surface area contributed by atoms with Gasteiger partial charge in [-0.25, -0.2) is 22.2 Å². The number of benzene rings is 2. The number of aryl methyl sites for hydroxylation is 1. The molecule has 0 saturated carbocycles. The van der Waals surface area contributed by atoms with E-state index in [1.54, 1.807) is 36.1 Å². The van der Waals surface area contributed by atoms with Crippen LogP contribution in [0.1, 0.15) is 35.8 Å². The number of amides is 1. The summed E-state index contributed by atoms with van der Waals surface area (Å²) in [6.07, 6.45) is 6.13. The van der Waals surface area contributed by atoms with E-state index in [0.29, 0.717) is 17.7 Å². The Hall–Kier alpha value is -4.12. The number of hydrogen-bond acceptors (Lipinski definition) is 6. The Labute approximate surface area is 213 Å². The molecule has 1 atom stereocenters. The summed E-state index contributed by atoms with van der Waals surface area (Å²) < 4.78 is 54.4. The zero-order valence-corrected chi connectivity index (χ0v) is 21.2. The van der Waals surface area contributed by atoms with Crippen molar-refractivity contribution in [2.75, 3.05) is 12.0 Å². The predicted molar refractivity (Wildman–Crippen MR) is 136 cm³/mol. The summed E-state index contributed by atoms with van der Waals surface area (Å²) in [7, 11) is -3.66. The van der Waals surface area contributed by atoms with E-state index >= 15 is 4.39 Å². The quantitative estimate of drug-likeness (QED) is 0.369. The fourth-order valence-corrected chi connectivity index (χ4v) is 4.50. The van der Waals surface area contributed by atoms with Gasteiger partial charge in [-0.2, -0.15) is 5.10 Å². The average Bonchev–Trinajstić information content (AvgIpc) is 3.32. The van der Waals surface area contributed by atoms with Crippen molar-refractivity contribution in [3.63, 3.8) is 0 Å². The van der Waals surface area contributed by atoms with Gasteiger partial charge in [-0.3, -0.25) is 9.48 Å². The Morgan fingerprint density at radius 3 is 2.49 bits per heavy atom. The topological polar surface area (TPSA) is 120 Å². The van der Waals surface area contributed by atoms with Crippen LogP contribution in [0.4, 0.5) is 14.6 Å². The lowest BCUT2D eigenvalue weighted by molar-refractivity contribution is 0.0935. The van der Waals surface area contributed by atoms with Crippen LogP contribution in [0.3, 0.4) is 0 Å². The molecule has 0 fully saturated rings. The molecule has 0 aliphatic heterocycles. The number of carbonyl (C=O) groups excluding carboxylic acids is 1. The second-order valence-corrected chi connectivity index (χ2v) is 10.6. The van der Waals surface area contributed by atoms with Crippen LogP contribution in [0.2, 0.25) is 0 Å². The van der Waals surface area contributed by atoms with E-state index in [0.717, 1.165) is 29.5 Å². The number of aromatic nitrogens is 3. The van der Waals surface area contributed by atoms with Crippen molar-refractivity contribution in [1.82, 2.24) is 20.1 Å². The minimum atomic E-state index is -3.66. The van der Waals surface area contributed by atoms with Gasteiger partial charge < -0.3 is 11.1 Å². The standard InChI is InChI=1S/C26H25F2N5O3S/c1-4-33-14-19(13-31-33)18-9-23(25(29)30-12-18)16-5-6-22(24(28)10-16)26(34)32-15(2)17-7-20(27)11-21(8-17)37(3,35)36/h5-15H,4H2,1-3H3,(H2,29,30)(H,32,34). The lowest BCUT2D eigenvalue weighted by Gasteiger charge is -2.16. The van der Waals surface area contributed by atoms with Crippen molar-refractivity contribution < 1.29 is 22.0 Å². The summed E-state index contributed by atoms with van der Waals surface area (Å²) in [5, 5.41) is 6.83. The first-order chi connectivity index (χ1) is 17.5. The lowest BCUT2D eigenvalue weighted by Crippen LogP contribution is -2.27. The largest absolute Gasteiger partial charge is 0.383 e. The van der Waals surface area contributed by atoms with Crippen LogP contribution < -0.4 is 11.1 Å². The second-order valence-electron chi connectivity index (χ2n) is 8.62. The van der Waals surface area contributed by atoms with Gasteiger partial charge in [0.2, 0.25) is 0 Å². The Balaban J connectivity index is 1.58. The molecule has 1 unspecified atom stereocenters. The molecule has 192 valence electrons. The van der Waals surface area contributed by atoms with Crippen molar-refractivity contribution in [1.29, 1.82) is 0 Å². The van der Waals surface area contributed by atoms with Crippen LogP contribution in [0, 0.1) is 11.6 Å². The Bertz CT molecular complexity index is 1600. The van der Waals surface area contributed by atoms with Gasteiger partial charge in [0.1, 0.15) is 17.5 Å². The van der Waals surface area contributed by atoms with E-state index in [-0.39, 0.29) is 21.8 Å². The maximum absolute atomic E-state index is 15.1. The normalized spacial score (nSPS) is 12.4. The molecule has 8 nitrogen and oxygen atoms in total. The highest BCUT2D eigenvalue weighted by atomic mass is 32.2. The van der Waals surface area contributed by atoms with E-state index < -0.39 is 33.4 Å². The lowest BCUT2D eigenvalue weighted by atomic mass is 10.0. The molecule has 0 bridgehead atoms. The molecule has 1 amide bonds. The van der Waals surface area contributed by atoms with Crippen LogP contribution in [0.25, 0.3) is 22.3 Å². The van der Waals surface area contributed by atoms with Crippen LogP contribution in [-0.4, -0.2) is 35.3 Å². The SMILES string of the molecule is CCn1cc(-c2cnc(N)c(-c3ccc(C(=O)NC(C)c4cc(F)cc(S(C)(=O)=O)c4)c(F)c3)c2)cn1. The van der Waals surface area contributed by atoms with Crippen LogP contribution in [-0.2, 0) is 16.4 Å². The number of hydrogen-bond donors (Lipinski definition) is 2. The fraction of sp³-hybridized carbons (Fsp3) is 0.192. The molecule has 3 N–H and O–H groups in total. The number of halogens is 2. The summed E-state index contributed by atoms with van der Waals surface area (Å²) >= 11 is 0. The first-order valence-electron chi connectivity index (χ1n) is 11.4. The summed E-state index contributed by atoms with van der Waals surface area (Å²) in [6.45, 7) is 4.22. The number of carbonyl (C=O) groups is 1. The van der Waals surface area contributed by atoms with Crippen molar-refractivity contribution in [3.8, 4) is 22.3 Å². The van der Waals surface area contributed by atoms with Crippen molar-refractivity contribution in [3.05, 3.63) is 83.8 Å². The minimum Gasteiger partial charge on any atom is -0.383 e. The average molecular weight is 526 g/mol. The molecule has 0 radical (unpaired) electrons. The van der Waals surface area contributed by atoms with Gasteiger partial charge in [0, 0.05) is 41.9 Å². The second kappa shape index (κ2) is 10.1. The third-order valence-corrected chi connectivity index (χ3v) is 7.00. The number of sulfone groups is 1. The molecular weight excluding hydrogens is 500 g/mol. The summed E-state index contributed by atoms with van der Waals surface area (Å²) in [5.74, 6) is -2.09. The van der Waals surface area contributed by atoms with Gasteiger partial charge in [0.25, 0.3) is 5.91 Å². The highest BCUT2D eigenvalue weighted by molar-refractivity contribution is 7.90. The third kappa shape index (κ3) is 5.67. The predicted octanol–water partition coefficient (Wildman–Crippen LogP) is 4.39. The number of nitrogens with one attached hydrogen (secondary N) is 1. The summed E-state index contributed by atoms with van der Waals surface area (Å²) in [4.78, 5) is 16.8. The number of nitrogens with two attached hydrogens (primary N) is 1. The molecule has 0 aliphatic rings. The fourth-order valence-electron chi connectivity index (χ4n) is 3.82. The van der Waals surface area contributed by atoms with Crippen molar-refractivity contribution in [2.45, 2.75) is 31.3 Å². The van der Waals surface area contributed by atoms with E-state index in [2.05, 4.69) is 15.4 Å². The van der Waals surface area contributed by atoms with Crippen LogP contribution >= 0.6 is 0 Å². The van der Waals surface area contributed by atoms with Gasteiger partial charge in [-0.05, 0) is 61.4 Å². The monoisotopic (exact) mass is 525 g/mol. The van der Waals surface area contributed by atoms with Gasteiger partial charge in [0.15, 0.2) is 9.84 Å². The van der Waals surface area contributed by atoms with E-state index in [1.165, 1.54) is 18.2 Å². The highest BCUT2D eigenvalue weighted by Crippen LogP contribution is 2.31. The van der Waals surface area contributed by atoms with Crippen LogP contribution in [0.15, 0.2) is 66.0 Å². The molecule has 0 aliphatic carbocycles.